The van der Waals surface area contributed by atoms with Crippen molar-refractivity contribution in [2.45, 2.75) is 39.0 Å². The van der Waals surface area contributed by atoms with Gasteiger partial charge in [0.2, 0.25) is 0 Å². The highest BCUT2D eigenvalue weighted by Crippen LogP contribution is 2.41. The standard InChI is InChI=1S/C15H31N3OS.HI/c1-4-16-14(17-10-12-20-3)18-13-15(9-11-19-2)7-5-6-8-15;/h4-13H2,1-3H3,(H2,16,17,18);1H. The average Bonchev–Trinajstić information content (AvgIpc) is 2.92. The molecule has 1 saturated carbocycles. The molecule has 0 amide bonds. The molecule has 0 spiro atoms. The first-order chi connectivity index (χ1) is 9.76. The molecule has 0 bridgehead atoms. The topological polar surface area (TPSA) is 45.7 Å². The molecule has 1 aliphatic rings. The second-order valence-corrected chi connectivity index (χ2v) is 6.55. The molecule has 0 atom stereocenters. The number of hydrogen-bond donors (Lipinski definition) is 2. The van der Waals surface area contributed by atoms with Crippen LogP contribution in [0.25, 0.3) is 0 Å². The number of guanidine groups is 1. The van der Waals surface area contributed by atoms with Crippen molar-refractivity contribution in [3.63, 3.8) is 0 Å². The Balaban J connectivity index is 0.00000400. The highest BCUT2D eigenvalue weighted by Gasteiger charge is 2.33. The van der Waals surface area contributed by atoms with E-state index in [1.807, 2.05) is 11.8 Å². The van der Waals surface area contributed by atoms with E-state index in [0.29, 0.717) is 5.41 Å². The van der Waals surface area contributed by atoms with Crippen molar-refractivity contribution >= 4 is 41.7 Å². The van der Waals surface area contributed by atoms with Crippen LogP contribution in [0.5, 0.6) is 0 Å². The number of hydrogen-bond acceptors (Lipinski definition) is 3. The van der Waals surface area contributed by atoms with Gasteiger partial charge in [-0.1, -0.05) is 12.8 Å². The summed E-state index contributed by atoms with van der Waals surface area (Å²) in [5.41, 5.74) is 0.373. The van der Waals surface area contributed by atoms with Crippen LogP contribution in [0.4, 0.5) is 0 Å². The zero-order valence-electron chi connectivity index (χ0n) is 13.7. The summed E-state index contributed by atoms with van der Waals surface area (Å²) >= 11 is 1.85. The summed E-state index contributed by atoms with van der Waals surface area (Å²) in [6.45, 7) is 5.77. The first-order valence-electron chi connectivity index (χ1n) is 7.76. The Morgan fingerprint density at radius 3 is 2.57 bits per heavy atom. The summed E-state index contributed by atoms with van der Waals surface area (Å²) in [6.07, 6.45) is 8.54. The number of nitrogens with zero attached hydrogens (tertiary/aromatic N) is 1. The third-order valence-electron chi connectivity index (χ3n) is 4.02. The van der Waals surface area contributed by atoms with Crippen molar-refractivity contribution in [3.8, 4) is 0 Å². The SMILES string of the molecule is CCNC(=NCC1(CCOC)CCCC1)NCCSC.I. The molecule has 0 heterocycles. The van der Waals surface area contributed by atoms with E-state index in [4.69, 9.17) is 9.73 Å². The Hall–Kier alpha value is 0.310. The lowest BCUT2D eigenvalue weighted by Gasteiger charge is -2.27. The van der Waals surface area contributed by atoms with E-state index < -0.39 is 0 Å². The maximum absolute atomic E-state index is 5.28. The van der Waals surface area contributed by atoms with Crippen molar-refractivity contribution in [1.29, 1.82) is 0 Å². The van der Waals surface area contributed by atoms with Gasteiger partial charge in [0.05, 0.1) is 0 Å². The average molecular weight is 429 g/mol. The van der Waals surface area contributed by atoms with Crippen molar-refractivity contribution in [1.82, 2.24) is 10.6 Å². The molecule has 1 rings (SSSR count). The lowest BCUT2D eigenvalue weighted by molar-refractivity contribution is 0.141. The molecule has 0 aromatic carbocycles. The first kappa shape index (κ1) is 21.3. The van der Waals surface area contributed by atoms with Gasteiger partial charge in [-0.3, -0.25) is 4.99 Å². The molecule has 0 aromatic heterocycles. The first-order valence-corrected chi connectivity index (χ1v) is 9.16. The van der Waals surface area contributed by atoms with Gasteiger partial charge < -0.3 is 15.4 Å². The number of aliphatic imine (C=N–C) groups is 1. The van der Waals surface area contributed by atoms with E-state index in [1.165, 1.54) is 25.7 Å². The number of nitrogens with one attached hydrogen (secondary N) is 2. The van der Waals surface area contributed by atoms with Gasteiger partial charge in [-0.05, 0) is 37.9 Å². The summed E-state index contributed by atoms with van der Waals surface area (Å²) in [5.74, 6) is 2.07. The summed E-state index contributed by atoms with van der Waals surface area (Å²) in [5, 5.41) is 6.74. The molecule has 1 aliphatic carbocycles. The minimum atomic E-state index is 0. The van der Waals surface area contributed by atoms with Crippen LogP contribution in [0, 0.1) is 5.41 Å². The molecule has 126 valence electrons. The van der Waals surface area contributed by atoms with Gasteiger partial charge in [0.25, 0.3) is 0 Å². The molecule has 0 saturated heterocycles. The Morgan fingerprint density at radius 1 is 1.29 bits per heavy atom. The van der Waals surface area contributed by atoms with Crippen LogP contribution in [0.15, 0.2) is 4.99 Å². The summed E-state index contributed by atoms with van der Waals surface area (Å²) in [7, 11) is 1.79. The van der Waals surface area contributed by atoms with E-state index in [9.17, 15) is 0 Å². The third-order valence-corrected chi connectivity index (χ3v) is 4.63. The predicted octanol–water partition coefficient (Wildman–Crippen LogP) is 3.12. The normalized spacial score (nSPS) is 17.4. The highest BCUT2D eigenvalue weighted by molar-refractivity contribution is 14.0. The zero-order valence-corrected chi connectivity index (χ0v) is 16.9. The summed E-state index contributed by atoms with van der Waals surface area (Å²) in [6, 6.07) is 0. The molecule has 2 N–H and O–H groups in total. The second kappa shape index (κ2) is 12.8. The Kier molecular flexibility index (Phi) is 13.0. The maximum Gasteiger partial charge on any atom is 0.191 e. The molecule has 0 aromatic rings. The number of methoxy groups -OCH3 is 1. The van der Waals surface area contributed by atoms with E-state index in [2.05, 4.69) is 23.8 Å². The maximum atomic E-state index is 5.28. The monoisotopic (exact) mass is 429 g/mol. The van der Waals surface area contributed by atoms with Crippen LogP contribution in [0.2, 0.25) is 0 Å². The fourth-order valence-corrected chi connectivity index (χ4v) is 3.10. The van der Waals surface area contributed by atoms with Gasteiger partial charge in [0.1, 0.15) is 0 Å². The number of thioether (sulfide) groups is 1. The summed E-state index contributed by atoms with van der Waals surface area (Å²) < 4.78 is 5.28. The zero-order chi connectivity index (χ0) is 14.7. The van der Waals surface area contributed by atoms with Crippen LogP contribution in [0.3, 0.4) is 0 Å². The van der Waals surface area contributed by atoms with Crippen molar-refractivity contribution < 1.29 is 4.74 Å². The van der Waals surface area contributed by atoms with Gasteiger partial charge >= 0.3 is 0 Å². The molecular formula is C15H32IN3OS. The second-order valence-electron chi connectivity index (χ2n) is 5.56. The van der Waals surface area contributed by atoms with Gasteiger partial charge in [-0.2, -0.15) is 11.8 Å². The molecule has 4 nitrogen and oxygen atoms in total. The molecule has 1 fully saturated rings. The van der Waals surface area contributed by atoms with Gasteiger partial charge in [0, 0.05) is 39.1 Å². The number of ether oxygens (including phenoxy) is 1. The van der Waals surface area contributed by atoms with E-state index >= 15 is 0 Å². The van der Waals surface area contributed by atoms with Crippen molar-refractivity contribution in [3.05, 3.63) is 0 Å². The van der Waals surface area contributed by atoms with E-state index in [-0.39, 0.29) is 24.0 Å². The van der Waals surface area contributed by atoms with Crippen molar-refractivity contribution in [2.24, 2.45) is 10.4 Å². The minimum Gasteiger partial charge on any atom is -0.385 e. The largest absolute Gasteiger partial charge is 0.385 e. The fourth-order valence-electron chi connectivity index (χ4n) is 2.79. The Labute approximate surface area is 151 Å². The fraction of sp³-hybridized carbons (Fsp3) is 0.933. The molecular weight excluding hydrogens is 397 g/mol. The Morgan fingerprint density at radius 2 is 2.00 bits per heavy atom. The van der Waals surface area contributed by atoms with Gasteiger partial charge in [-0.25, -0.2) is 0 Å². The molecule has 0 radical (unpaired) electrons. The van der Waals surface area contributed by atoms with Crippen LogP contribution in [0.1, 0.15) is 39.0 Å². The minimum absolute atomic E-state index is 0. The number of rotatable bonds is 9. The van der Waals surface area contributed by atoms with Crippen LogP contribution >= 0.6 is 35.7 Å². The van der Waals surface area contributed by atoms with E-state index in [0.717, 1.165) is 44.4 Å². The highest BCUT2D eigenvalue weighted by atomic mass is 127. The lowest BCUT2D eigenvalue weighted by atomic mass is 9.83. The third kappa shape index (κ3) is 8.50. The van der Waals surface area contributed by atoms with Crippen LogP contribution < -0.4 is 10.6 Å². The van der Waals surface area contributed by atoms with Gasteiger partial charge in [0.15, 0.2) is 5.96 Å². The quantitative estimate of drug-likeness (QED) is 0.256. The molecule has 21 heavy (non-hydrogen) atoms. The number of halogens is 1. The smallest absolute Gasteiger partial charge is 0.191 e. The predicted molar refractivity (Wildman–Crippen MR) is 105 cm³/mol. The molecule has 0 unspecified atom stereocenters. The molecule has 6 heteroatoms. The lowest BCUT2D eigenvalue weighted by Crippen LogP contribution is -2.39. The summed E-state index contributed by atoms with van der Waals surface area (Å²) in [4.78, 5) is 4.82. The van der Waals surface area contributed by atoms with Crippen LogP contribution in [-0.4, -0.2) is 51.3 Å². The van der Waals surface area contributed by atoms with Crippen molar-refractivity contribution in [2.75, 3.05) is 45.4 Å². The van der Waals surface area contributed by atoms with E-state index in [1.54, 1.807) is 7.11 Å². The molecule has 0 aliphatic heterocycles. The van der Waals surface area contributed by atoms with Crippen LogP contribution in [-0.2, 0) is 4.74 Å². The Bertz CT molecular complexity index is 284. The van der Waals surface area contributed by atoms with Gasteiger partial charge in [-0.15, -0.1) is 24.0 Å².